The van der Waals surface area contributed by atoms with Gasteiger partial charge in [-0.1, -0.05) is 15.9 Å². The largest absolute Gasteiger partial charge is 0.289 e. The summed E-state index contributed by atoms with van der Waals surface area (Å²) in [6.07, 6.45) is 6.14. The summed E-state index contributed by atoms with van der Waals surface area (Å²) >= 11 is 3.33. The number of rotatable bonds is 2. The molecule has 0 atom stereocenters. The number of Topliss-reactive ketones (excluding diaryl/α,β-unsaturated/α-hetero) is 1. The van der Waals surface area contributed by atoms with Crippen molar-refractivity contribution in [2.24, 2.45) is 4.99 Å². The maximum Gasteiger partial charge on any atom is 0.195 e. The quantitative estimate of drug-likeness (QED) is 0.788. The molecule has 0 aromatic heterocycles. The lowest BCUT2D eigenvalue weighted by Crippen LogP contribution is -2.12. The van der Waals surface area contributed by atoms with Crippen molar-refractivity contribution in [2.45, 2.75) is 0 Å². The highest BCUT2D eigenvalue weighted by molar-refractivity contribution is 9.10. The van der Waals surface area contributed by atoms with Crippen molar-refractivity contribution in [2.75, 3.05) is 0 Å². The number of allylic oxidation sites excluding steroid dienone is 5. The molecule has 0 unspecified atom stereocenters. The van der Waals surface area contributed by atoms with Gasteiger partial charge in [0, 0.05) is 27.4 Å². The number of hydrogen-bond acceptors (Lipinski definition) is 3. The molecular weight excluding hydrogens is 306 g/mol. The monoisotopic (exact) mass is 313 g/mol. The van der Waals surface area contributed by atoms with Crippen molar-refractivity contribution in [3.8, 4) is 0 Å². The zero-order valence-electron chi connectivity index (χ0n) is 9.76. The first kappa shape index (κ1) is 12.0. The third kappa shape index (κ3) is 2.04. The van der Waals surface area contributed by atoms with Crippen molar-refractivity contribution < 1.29 is 9.59 Å². The van der Waals surface area contributed by atoms with Gasteiger partial charge in [0.15, 0.2) is 11.6 Å². The molecule has 0 saturated carbocycles. The second kappa shape index (κ2) is 4.55. The lowest BCUT2D eigenvalue weighted by Gasteiger charge is -2.11. The molecule has 0 fully saturated rings. The average Bonchev–Trinajstić information content (AvgIpc) is 2.89. The number of fused-ring (bicyclic) bond motifs is 1. The smallest absolute Gasteiger partial charge is 0.195 e. The summed E-state index contributed by atoms with van der Waals surface area (Å²) in [6, 6.07) is 7.11. The zero-order valence-corrected chi connectivity index (χ0v) is 11.3. The molecule has 0 saturated heterocycles. The molecule has 4 heteroatoms. The van der Waals surface area contributed by atoms with Gasteiger partial charge in [0.2, 0.25) is 0 Å². The summed E-state index contributed by atoms with van der Waals surface area (Å²) in [5.74, 6) is -0.240. The van der Waals surface area contributed by atoms with Crippen LogP contribution in [0.15, 0.2) is 68.8 Å². The fourth-order valence-corrected chi connectivity index (χ4v) is 2.28. The van der Waals surface area contributed by atoms with E-state index in [1.807, 2.05) is 12.1 Å². The van der Waals surface area contributed by atoms with Gasteiger partial charge in [-0.3, -0.25) is 14.6 Å². The summed E-state index contributed by atoms with van der Waals surface area (Å²) in [7, 11) is 0. The van der Waals surface area contributed by atoms with Gasteiger partial charge < -0.3 is 0 Å². The summed E-state index contributed by atoms with van der Waals surface area (Å²) in [6.45, 7) is 0. The lowest BCUT2D eigenvalue weighted by atomic mass is 9.92. The fourth-order valence-electron chi connectivity index (χ4n) is 2.02. The third-order valence-electron chi connectivity index (χ3n) is 2.97. The van der Waals surface area contributed by atoms with Crippen molar-refractivity contribution in [3.05, 3.63) is 69.4 Å². The topological polar surface area (TPSA) is 46.5 Å². The molecule has 1 heterocycles. The van der Waals surface area contributed by atoms with Gasteiger partial charge in [0.1, 0.15) is 0 Å². The van der Waals surface area contributed by atoms with E-state index in [1.165, 1.54) is 6.08 Å². The van der Waals surface area contributed by atoms with Crippen LogP contribution in [0.1, 0.15) is 10.4 Å². The average molecular weight is 314 g/mol. The van der Waals surface area contributed by atoms with Crippen molar-refractivity contribution >= 4 is 33.7 Å². The Labute approximate surface area is 118 Å². The van der Waals surface area contributed by atoms with Gasteiger partial charge in [0.25, 0.3) is 0 Å². The number of carbonyl (C=O) groups excluding carboxylic acids is 2. The first-order valence-electron chi connectivity index (χ1n) is 5.68. The number of hydrogen-bond donors (Lipinski definition) is 0. The summed E-state index contributed by atoms with van der Waals surface area (Å²) in [4.78, 5) is 28.2. The van der Waals surface area contributed by atoms with Gasteiger partial charge >= 0.3 is 0 Å². The van der Waals surface area contributed by atoms with Crippen LogP contribution in [0.25, 0.3) is 0 Å². The molecule has 3 nitrogen and oxygen atoms in total. The highest BCUT2D eigenvalue weighted by atomic mass is 79.9. The van der Waals surface area contributed by atoms with Crippen LogP contribution in [-0.4, -0.2) is 17.8 Å². The Bertz CT molecular complexity index is 706. The predicted molar refractivity (Wildman–Crippen MR) is 76.2 cm³/mol. The van der Waals surface area contributed by atoms with E-state index in [0.717, 1.165) is 4.47 Å². The van der Waals surface area contributed by atoms with E-state index in [4.69, 9.17) is 0 Å². The molecule has 3 rings (SSSR count). The van der Waals surface area contributed by atoms with Gasteiger partial charge in [-0.15, -0.1) is 0 Å². The summed E-state index contributed by atoms with van der Waals surface area (Å²) in [5.41, 5.74) is 2.00. The number of halogens is 1. The molecule has 92 valence electrons. The molecule has 0 amide bonds. The van der Waals surface area contributed by atoms with E-state index in [1.54, 1.807) is 30.5 Å². The van der Waals surface area contributed by atoms with Crippen LogP contribution in [-0.2, 0) is 4.79 Å². The highest BCUT2D eigenvalue weighted by Gasteiger charge is 2.25. The molecule has 2 aliphatic rings. The molecule has 19 heavy (non-hydrogen) atoms. The van der Waals surface area contributed by atoms with Crippen LogP contribution in [0.5, 0.6) is 0 Å². The molecule has 0 N–H and O–H groups in total. The Hall–Kier alpha value is -2.07. The summed E-state index contributed by atoms with van der Waals surface area (Å²) < 4.78 is 0.913. The Morgan fingerprint density at radius 3 is 2.58 bits per heavy atom. The van der Waals surface area contributed by atoms with Crippen LogP contribution in [0, 0.1) is 0 Å². The first-order chi connectivity index (χ1) is 9.16. The van der Waals surface area contributed by atoms with Crippen molar-refractivity contribution in [3.63, 3.8) is 0 Å². The Morgan fingerprint density at radius 2 is 1.84 bits per heavy atom. The fraction of sp³-hybridized carbons (Fsp3) is 0. The molecule has 0 spiro atoms. The minimum Gasteiger partial charge on any atom is -0.289 e. The van der Waals surface area contributed by atoms with Gasteiger partial charge in [-0.05, 0) is 42.5 Å². The van der Waals surface area contributed by atoms with Crippen LogP contribution in [0.2, 0.25) is 0 Å². The molecule has 0 radical (unpaired) electrons. The lowest BCUT2D eigenvalue weighted by molar-refractivity contribution is -0.111. The van der Waals surface area contributed by atoms with Crippen molar-refractivity contribution in [1.82, 2.24) is 0 Å². The van der Waals surface area contributed by atoms with E-state index < -0.39 is 0 Å². The maximum absolute atomic E-state index is 12.4. The Morgan fingerprint density at radius 1 is 1.11 bits per heavy atom. The standard InChI is InChI=1S/C15H8BrNO2/c16-10-3-1-9(2-4-10)15(19)12-5-6-13(18)11-7-8-17-14(11)12/h1-8H. The maximum atomic E-state index is 12.4. The molecule has 1 aliphatic carbocycles. The molecule has 1 aliphatic heterocycles. The van der Waals surface area contributed by atoms with Gasteiger partial charge in [-0.2, -0.15) is 0 Å². The SMILES string of the molecule is O=C1C=CC(C(=O)c2ccc(Br)cc2)=C2N=CC=C12. The van der Waals surface area contributed by atoms with Gasteiger partial charge in [-0.25, -0.2) is 0 Å². The van der Waals surface area contributed by atoms with E-state index >= 15 is 0 Å². The second-order valence-electron chi connectivity index (χ2n) is 4.15. The Kier molecular flexibility index (Phi) is 2.87. The normalized spacial score (nSPS) is 16.7. The Balaban J connectivity index is 2.05. The zero-order chi connectivity index (χ0) is 13.4. The van der Waals surface area contributed by atoms with E-state index in [2.05, 4.69) is 20.9 Å². The third-order valence-corrected chi connectivity index (χ3v) is 3.50. The van der Waals surface area contributed by atoms with E-state index in [9.17, 15) is 9.59 Å². The van der Waals surface area contributed by atoms with E-state index in [0.29, 0.717) is 22.4 Å². The number of benzene rings is 1. The second-order valence-corrected chi connectivity index (χ2v) is 5.07. The molecule has 0 bridgehead atoms. The predicted octanol–water partition coefficient (Wildman–Crippen LogP) is 3.04. The molecular formula is C15H8BrNO2. The van der Waals surface area contributed by atoms with E-state index in [-0.39, 0.29) is 11.6 Å². The number of aliphatic imine (C=N–C) groups is 1. The molecule has 1 aromatic carbocycles. The van der Waals surface area contributed by atoms with Crippen LogP contribution in [0.3, 0.4) is 0 Å². The number of ketones is 2. The minimum atomic E-state index is -0.129. The number of carbonyl (C=O) groups is 2. The summed E-state index contributed by atoms with van der Waals surface area (Å²) in [5, 5.41) is 0. The van der Waals surface area contributed by atoms with Crippen LogP contribution < -0.4 is 0 Å². The van der Waals surface area contributed by atoms with Crippen molar-refractivity contribution in [1.29, 1.82) is 0 Å². The van der Waals surface area contributed by atoms with Crippen LogP contribution in [0.4, 0.5) is 0 Å². The van der Waals surface area contributed by atoms with Crippen LogP contribution >= 0.6 is 15.9 Å². The highest BCUT2D eigenvalue weighted by Crippen LogP contribution is 2.28. The molecule has 1 aromatic rings. The van der Waals surface area contributed by atoms with Gasteiger partial charge in [0.05, 0.1) is 5.70 Å². The minimum absolute atomic E-state index is 0.111. The first-order valence-corrected chi connectivity index (χ1v) is 6.48. The number of nitrogens with zero attached hydrogens (tertiary/aromatic N) is 1.